The van der Waals surface area contributed by atoms with Crippen LogP contribution in [0.1, 0.15) is 25.3 Å². The number of carbonyl (C=O) groups excluding carboxylic acids is 2. The summed E-state index contributed by atoms with van der Waals surface area (Å²) in [7, 11) is 0. The van der Waals surface area contributed by atoms with Gasteiger partial charge in [-0.2, -0.15) is 0 Å². The van der Waals surface area contributed by atoms with Gasteiger partial charge in [-0.25, -0.2) is 4.79 Å². The van der Waals surface area contributed by atoms with E-state index in [-0.39, 0.29) is 6.61 Å². The Morgan fingerprint density at radius 1 is 1.19 bits per heavy atom. The first kappa shape index (κ1) is 13.9. The van der Waals surface area contributed by atoms with Crippen LogP contribution in [-0.2, 0) is 20.7 Å². The van der Waals surface area contributed by atoms with Crippen LogP contribution in [0, 0.1) is 0 Å². The first-order valence-electron chi connectivity index (χ1n) is 7.57. The highest BCUT2D eigenvalue weighted by atomic mass is 16.5. The Kier molecular flexibility index (Phi) is 3.82. The number of rotatable bonds is 2. The van der Waals surface area contributed by atoms with E-state index in [0.717, 1.165) is 30.8 Å². The normalized spacial score (nSPS) is 17.0. The molecule has 0 atom stereocenters. The van der Waals surface area contributed by atoms with E-state index in [9.17, 15) is 9.59 Å². The molecule has 3 rings (SSSR count). The number of esters is 1. The summed E-state index contributed by atoms with van der Waals surface area (Å²) in [5.74, 6) is -1.33. The molecule has 2 aliphatic heterocycles. The van der Waals surface area contributed by atoms with E-state index in [2.05, 4.69) is 11.0 Å². The van der Waals surface area contributed by atoms with E-state index in [4.69, 9.17) is 4.74 Å². The van der Waals surface area contributed by atoms with Crippen molar-refractivity contribution in [3.05, 3.63) is 23.8 Å². The molecule has 5 heteroatoms. The van der Waals surface area contributed by atoms with Gasteiger partial charge in [-0.1, -0.05) is 0 Å². The number of anilines is 2. The molecule has 0 aliphatic carbocycles. The van der Waals surface area contributed by atoms with Crippen molar-refractivity contribution in [1.29, 1.82) is 0 Å². The number of hydrogen-bond acceptors (Lipinski definition) is 4. The van der Waals surface area contributed by atoms with Gasteiger partial charge >= 0.3 is 11.9 Å². The second-order valence-electron chi connectivity index (χ2n) is 5.43. The molecule has 2 heterocycles. The Morgan fingerprint density at radius 3 is 2.67 bits per heavy atom. The Bertz CT molecular complexity index is 565. The Balaban J connectivity index is 1.79. The van der Waals surface area contributed by atoms with Gasteiger partial charge in [-0.3, -0.25) is 4.79 Å². The quantitative estimate of drug-likeness (QED) is 0.614. The van der Waals surface area contributed by atoms with Crippen LogP contribution in [0.4, 0.5) is 11.4 Å². The highest BCUT2D eigenvalue weighted by molar-refractivity contribution is 6.38. The molecule has 112 valence electrons. The van der Waals surface area contributed by atoms with Gasteiger partial charge < -0.3 is 14.5 Å². The van der Waals surface area contributed by atoms with Crippen LogP contribution in [-0.4, -0.2) is 38.1 Å². The van der Waals surface area contributed by atoms with E-state index >= 15 is 0 Å². The predicted molar refractivity (Wildman–Crippen MR) is 80.6 cm³/mol. The molecule has 1 aromatic rings. The Hall–Kier alpha value is -2.04. The molecular formula is C16H20N2O3. The maximum Gasteiger partial charge on any atom is 0.397 e. The fourth-order valence-corrected chi connectivity index (χ4v) is 3.07. The predicted octanol–water partition coefficient (Wildman–Crippen LogP) is 1.74. The van der Waals surface area contributed by atoms with Crippen molar-refractivity contribution in [2.45, 2.75) is 26.2 Å². The maximum atomic E-state index is 12.1. The Morgan fingerprint density at radius 2 is 1.95 bits per heavy atom. The zero-order valence-electron chi connectivity index (χ0n) is 12.3. The van der Waals surface area contributed by atoms with Crippen LogP contribution >= 0.6 is 0 Å². The number of carbonyl (C=O) groups is 2. The van der Waals surface area contributed by atoms with Crippen LogP contribution in [0.15, 0.2) is 18.2 Å². The van der Waals surface area contributed by atoms with Gasteiger partial charge in [0.2, 0.25) is 0 Å². The fraction of sp³-hybridized carbons (Fsp3) is 0.500. The van der Waals surface area contributed by atoms with Gasteiger partial charge in [0.1, 0.15) is 0 Å². The third-order valence-electron chi connectivity index (χ3n) is 4.13. The van der Waals surface area contributed by atoms with Crippen LogP contribution in [0.25, 0.3) is 0 Å². The minimum absolute atomic E-state index is 0.221. The SMILES string of the molecule is CCOC(=O)C(=O)N1CCc2cc(N3CCCC3)ccc21. The minimum atomic E-state index is -0.769. The molecule has 21 heavy (non-hydrogen) atoms. The first-order chi connectivity index (χ1) is 10.2. The lowest BCUT2D eigenvalue weighted by molar-refractivity contribution is -0.153. The summed E-state index contributed by atoms with van der Waals surface area (Å²) in [6, 6.07) is 6.15. The lowest BCUT2D eigenvalue weighted by atomic mass is 10.1. The summed E-state index contributed by atoms with van der Waals surface area (Å²) >= 11 is 0. The van der Waals surface area contributed by atoms with Crippen molar-refractivity contribution < 1.29 is 14.3 Å². The number of benzene rings is 1. The molecule has 1 aromatic carbocycles. The Labute approximate surface area is 124 Å². The molecule has 0 aromatic heterocycles. The summed E-state index contributed by atoms with van der Waals surface area (Å²) in [5.41, 5.74) is 3.20. The van der Waals surface area contributed by atoms with Crippen LogP contribution < -0.4 is 9.80 Å². The van der Waals surface area contributed by atoms with Gasteiger partial charge in [0.05, 0.1) is 6.61 Å². The summed E-state index contributed by atoms with van der Waals surface area (Å²) < 4.78 is 4.80. The molecule has 1 fully saturated rings. The van der Waals surface area contributed by atoms with E-state index in [1.165, 1.54) is 23.4 Å². The summed E-state index contributed by atoms with van der Waals surface area (Å²) in [4.78, 5) is 27.6. The van der Waals surface area contributed by atoms with Gasteiger partial charge in [-0.05, 0) is 49.9 Å². The number of fused-ring (bicyclic) bond motifs is 1. The zero-order valence-corrected chi connectivity index (χ0v) is 12.3. The molecule has 1 saturated heterocycles. The second kappa shape index (κ2) is 5.76. The third kappa shape index (κ3) is 2.60. The molecule has 0 bridgehead atoms. The molecule has 0 radical (unpaired) electrons. The smallest absolute Gasteiger partial charge is 0.397 e. The van der Waals surface area contributed by atoms with E-state index < -0.39 is 11.9 Å². The van der Waals surface area contributed by atoms with Crippen molar-refractivity contribution in [2.75, 3.05) is 36.0 Å². The topological polar surface area (TPSA) is 49.9 Å². The van der Waals surface area contributed by atoms with Crippen molar-refractivity contribution >= 4 is 23.3 Å². The number of hydrogen-bond donors (Lipinski definition) is 0. The van der Waals surface area contributed by atoms with Crippen LogP contribution in [0.5, 0.6) is 0 Å². The second-order valence-corrected chi connectivity index (χ2v) is 5.43. The molecule has 0 spiro atoms. The van der Waals surface area contributed by atoms with Crippen molar-refractivity contribution in [3.63, 3.8) is 0 Å². The monoisotopic (exact) mass is 288 g/mol. The molecule has 5 nitrogen and oxygen atoms in total. The molecule has 0 N–H and O–H groups in total. The number of nitrogens with zero attached hydrogens (tertiary/aromatic N) is 2. The largest absolute Gasteiger partial charge is 0.459 e. The average Bonchev–Trinajstić information content (AvgIpc) is 3.15. The molecule has 0 saturated carbocycles. The van der Waals surface area contributed by atoms with Gasteiger partial charge in [0.15, 0.2) is 0 Å². The zero-order chi connectivity index (χ0) is 14.8. The highest BCUT2D eigenvalue weighted by Crippen LogP contribution is 2.32. The van der Waals surface area contributed by atoms with E-state index in [1.807, 2.05) is 12.1 Å². The lowest BCUT2D eigenvalue weighted by Gasteiger charge is -2.20. The molecule has 0 unspecified atom stereocenters. The van der Waals surface area contributed by atoms with Gasteiger partial charge in [-0.15, -0.1) is 0 Å². The van der Waals surface area contributed by atoms with E-state index in [0.29, 0.717) is 6.54 Å². The number of amides is 1. The fourth-order valence-electron chi connectivity index (χ4n) is 3.07. The number of ether oxygens (including phenoxy) is 1. The van der Waals surface area contributed by atoms with Gasteiger partial charge in [0, 0.05) is 31.0 Å². The summed E-state index contributed by atoms with van der Waals surface area (Å²) in [6.07, 6.45) is 3.28. The maximum absolute atomic E-state index is 12.1. The minimum Gasteiger partial charge on any atom is -0.459 e. The first-order valence-corrected chi connectivity index (χ1v) is 7.57. The summed E-state index contributed by atoms with van der Waals surface area (Å²) in [5, 5.41) is 0. The van der Waals surface area contributed by atoms with Crippen molar-refractivity contribution in [3.8, 4) is 0 Å². The van der Waals surface area contributed by atoms with Crippen molar-refractivity contribution in [2.24, 2.45) is 0 Å². The highest BCUT2D eigenvalue weighted by Gasteiger charge is 2.30. The molecular weight excluding hydrogens is 268 g/mol. The average molecular weight is 288 g/mol. The summed E-state index contributed by atoms with van der Waals surface area (Å²) in [6.45, 7) is 4.68. The van der Waals surface area contributed by atoms with Crippen LogP contribution in [0.3, 0.4) is 0 Å². The lowest BCUT2D eigenvalue weighted by Crippen LogP contribution is -2.36. The van der Waals surface area contributed by atoms with Crippen molar-refractivity contribution in [1.82, 2.24) is 0 Å². The standard InChI is InChI=1S/C16H20N2O3/c1-2-21-16(20)15(19)18-10-7-12-11-13(5-6-14(12)18)17-8-3-4-9-17/h5-6,11H,2-4,7-10H2,1H3. The van der Waals surface area contributed by atoms with Gasteiger partial charge in [0.25, 0.3) is 0 Å². The third-order valence-corrected chi connectivity index (χ3v) is 4.13. The van der Waals surface area contributed by atoms with E-state index in [1.54, 1.807) is 6.92 Å². The molecule has 1 amide bonds. The molecule has 2 aliphatic rings. The van der Waals surface area contributed by atoms with Crippen LogP contribution in [0.2, 0.25) is 0 Å².